The third kappa shape index (κ3) is 10.7. The first-order valence-electron chi connectivity index (χ1n) is 13.3. The summed E-state index contributed by atoms with van der Waals surface area (Å²) in [4.78, 5) is 12.1. The van der Waals surface area contributed by atoms with Crippen molar-refractivity contribution in [2.24, 2.45) is 5.92 Å². The molecular weight excluding hydrogens is 439 g/mol. The topological polar surface area (TPSA) is 43.4 Å². The third-order valence-corrected chi connectivity index (χ3v) is 8.57. The van der Waals surface area contributed by atoms with Crippen LogP contribution in [-0.4, -0.2) is 19.1 Å². The highest BCUT2D eigenvalue weighted by molar-refractivity contribution is 7.66. The van der Waals surface area contributed by atoms with Crippen LogP contribution in [0.4, 0.5) is 0 Å². The molecule has 0 saturated heterocycles. The zero-order chi connectivity index (χ0) is 24.7. The number of rotatable bonds is 18. The van der Waals surface area contributed by atoms with E-state index in [2.05, 4.69) is 19.1 Å². The molecule has 0 fully saturated rings. The average molecular weight is 485 g/mol. The van der Waals surface area contributed by atoms with E-state index in [0.29, 0.717) is 5.30 Å². The van der Waals surface area contributed by atoms with E-state index in [9.17, 15) is 9.36 Å². The Kier molecular flexibility index (Phi) is 13.5. The van der Waals surface area contributed by atoms with Crippen molar-refractivity contribution in [3.63, 3.8) is 0 Å². The molecule has 2 aromatic rings. The lowest BCUT2D eigenvalue weighted by atomic mass is 9.97. The summed E-state index contributed by atoms with van der Waals surface area (Å²) in [6.07, 6.45) is 15.0. The first kappa shape index (κ1) is 28.5. The van der Waals surface area contributed by atoms with Crippen LogP contribution in [0.3, 0.4) is 0 Å². The van der Waals surface area contributed by atoms with Crippen molar-refractivity contribution in [3.05, 3.63) is 54.6 Å². The van der Waals surface area contributed by atoms with Crippen molar-refractivity contribution in [1.82, 2.24) is 0 Å². The molecule has 0 bridgehead atoms. The number of unbranched alkanes of at least 4 members (excludes halogenated alkanes) is 10. The highest BCUT2D eigenvalue weighted by atomic mass is 31.2. The fourth-order valence-corrected chi connectivity index (χ4v) is 5.63. The molecule has 0 heterocycles. The predicted molar refractivity (Wildman–Crippen MR) is 146 cm³/mol. The van der Waals surface area contributed by atoms with Gasteiger partial charge in [0.2, 0.25) is 7.37 Å². The average Bonchev–Trinajstić information content (AvgIpc) is 2.84. The highest BCUT2D eigenvalue weighted by Crippen LogP contribution is 2.42. The number of hydrogen-bond donors (Lipinski definition) is 0. The lowest BCUT2D eigenvalue weighted by molar-refractivity contribution is -0.121. The van der Waals surface area contributed by atoms with E-state index in [4.69, 9.17) is 4.52 Å². The molecule has 3 nitrogen and oxygen atoms in total. The Morgan fingerprint density at radius 1 is 0.765 bits per heavy atom. The minimum atomic E-state index is -2.97. The predicted octanol–water partition coefficient (Wildman–Crippen LogP) is 8.81. The number of carbonyl (C=O) groups excluding carboxylic acids is 1. The van der Waals surface area contributed by atoms with Crippen LogP contribution in [0.15, 0.2) is 54.6 Å². The van der Waals surface area contributed by atoms with Gasteiger partial charge in [-0.2, -0.15) is 0 Å². The van der Waals surface area contributed by atoms with E-state index < -0.39 is 7.37 Å². The molecule has 0 aliphatic carbocycles. The Hall–Kier alpha value is -1.70. The second-order valence-electron chi connectivity index (χ2n) is 9.69. The van der Waals surface area contributed by atoms with E-state index in [1.807, 2.05) is 42.5 Å². The molecule has 0 aliphatic heterocycles. The number of benzene rings is 2. The zero-order valence-electron chi connectivity index (χ0n) is 21.6. The third-order valence-electron chi connectivity index (χ3n) is 6.70. The molecule has 4 heteroatoms. The minimum absolute atomic E-state index is 0.131. The summed E-state index contributed by atoms with van der Waals surface area (Å²) in [6, 6.07) is 17.9. The molecular formula is C30H45O3P. The lowest BCUT2D eigenvalue weighted by Gasteiger charge is -2.19. The Bertz CT molecular complexity index is 860. The Balaban J connectivity index is 1.70. The molecule has 0 saturated carbocycles. The summed E-state index contributed by atoms with van der Waals surface area (Å²) < 4.78 is 19.1. The van der Waals surface area contributed by atoms with Gasteiger partial charge in [0.15, 0.2) is 0 Å². The van der Waals surface area contributed by atoms with Crippen molar-refractivity contribution < 1.29 is 13.9 Å². The van der Waals surface area contributed by atoms with Gasteiger partial charge in [0.1, 0.15) is 5.78 Å². The maximum atomic E-state index is 13.2. The van der Waals surface area contributed by atoms with Crippen molar-refractivity contribution in [2.75, 3.05) is 13.3 Å². The maximum absolute atomic E-state index is 13.2. The van der Waals surface area contributed by atoms with Crippen LogP contribution in [0.25, 0.3) is 11.1 Å². The monoisotopic (exact) mass is 484 g/mol. The summed E-state index contributed by atoms with van der Waals surface area (Å²) in [5, 5.41) is 0.698. The molecule has 0 radical (unpaired) electrons. The van der Waals surface area contributed by atoms with E-state index in [-0.39, 0.29) is 18.3 Å². The molecule has 34 heavy (non-hydrogen) atoms. The normalized spacial score (nSPS) is 14.0. The largest absolute Gasteiger partial charge is 0.325 e. The van der Waals surface area contributed by atoms with E-state index in [1.54, 1.807) is 13.6 Å². The minimum Gasteiger partial charge on any atom is -0.325 e. The summed E-state index contributed by atoms with van der Waals surface area (Å²) in [6.45, 7) is 5.78. The van der Waals surface area contributed by atoms with Crippen LogP contribution >= 0.6 is 7.37 Å². The molecule has 0 aromatic heterocycles. The van der Waals surface area contributed by atoms with Gasteiger partial charge in [0.05, 0.1) is 6.61 Å². The Labute approximate surface area is 208 Å². The van der Waals surface area contributed by atoms with E-state index in [0.717, 1.165) is 30.4 Å². The van der Waals surface area contributed by atoms with Gasteiger partial charge in [-0.25, -0.2) is 0 Å². The smallest absolute Gasteiger partial charge is 0.229 e. The molecule has 2 aromatic carbocycles. The van der Waals surface area contributed by atoms with Crippen LogP contribution in [-0.2, 0) is 13.9 Å². The number of hydrogen-bond acceptors (Lipinski definition) is 3. The van der Waals surface area contributed by atoms with Crippen molar-refractivity contribution >= 4 is 18.5 Å². The van der Waals surface area contributed by atoms with Gasteiger partial charge in [-0.3, -0.25) is 9.36 Å². The molecule has 0 N–H and O–H groups in total. The van der Waals surface area contributed by atoms with Crippen LogP contribution in [0.1, 0.15) is 90.9 Å². The van der Waals surface area contributed by atoms with E-state index in [1.165, 1.54) is 57.8 Å². The van der Waals surface area contributed by atoms with Crippen LogP contribution in [0.2, 0.25) is 0 Å². The molecule has 2 unspecified atom stereocenters. The molecule has 0 amide bonds. The van der Waals surface area contributed by atoms with Gasteiger partial charge in [0.25, 0.3) is 0 Å². The lowest BCUT2D eigenvalue weighted by Crippen LogP contribution is -2.19. The van der Waals surface area contributed by atoms with Crippen molar-refractivity contribution in [2.45, 2.75) is 90.9 Å². The van der Waals surface area contributed by atoms with Gasteiger partial charge in [0, 0.05) is 17.9 Å². The molecule has 0 aliphatic rings. The Morgan fingerprint density at radius 2 is 1.26 bits per heavy atom. The van der Waals surface area contributed by atoms with Crippen molar-refractivity contribution in [3.8, 4) is 11.1 Å². The fraction of sp³-hybridized carbons (Fsp3) is 0.567. The molecule has 0 spiro atoms. The summed E-state index contributed by atoms with van der Waals surface area (Å²) in [5.74, 6) is -0.0399. The summed E-state index contributed by atoms with van der Waals surface area (Å²) >= 11 is 0. The summed E-state index contributed by atoms with van der Waals surface area (Å²) in [5.41, 5.74) is 2.21. The maximum Gasteiger partial charge on any atom is 0.229 e. The SMILES string of the molecule is CCCCCCCCCCCCCC(COP(C)(=O)c1ccc(-c2ccccc2)cc1)C(C)=O. The van der Waals surface area contributed by atoms with Gasteiger partial charge in [-0.05, 0) is 36.6 Å². The quantitative estimate of drug-likeness (QED) is 0.157. The highest BCUT2D eigenvalue weighted by Gasteiger charge is 2.23. The van der Waals surface area contributed by atoms with Crippen molar-refractivity contribution in [1.29, 1.82) is 0 Å². The van der Waals surface area contributed by atoms with Crippen LogP contribution in [0, 0.1) is 5.92 Å². The Morgan fingerprint density at radius 3 is 1.79 bits per heavy atom. The van der Waals surface area contributed by atoms with E-state index >= 15 is 0 Å². The summed E-state index contributed by atoms with van der Waals surface area (Å²) in [7, 11) is -2.97. The first-order valence-corrected chi connectivity index (χ1v) is 15.4. The zero-order valence-corrected chi connectivity index (χ0v) is 22.5. The standard InChI is InChI=1S/C30H45O3P/c1-4-5-6-7-8-9-10-11-12-13-15-20-29(26(2)31)25-33-34(3,32)30-23-21-28(22-24-30)27-18-16-14-17-19-27/h14,16-19,21-24,29H,4-13,15,20,25H2,1-3H3. The molecule has 2 atom stereocenters. The van der Waals surface area contributed by atoms with Gasteiger partial charge >= 0.3 is 0 Å². The number of ketones is 1. The second-order valence-corrected chi connectivity index (χ2v) is 12.2. The van der Waals surface area contributed by atoms with Gasteiger partial charge in [-0.15, -0.1) is 0 Å². The van der Waals surface area contributed by atoms with Crippen LogP contribution < -0.4 is 5.30 Å². The number of carbonyl (C=O) groups is 1. The first-order chi connectivity index (χ1) is 16.4. The van der Waals surface area contributed by atoms with Crippen LogP contribution in [0.5, 0.6) is 0 Å². The second kappa shape index (κ2) is 16.1. The molecule has 188 valence electrons. The van der Waals surface area contributed by atoms with Gasteiger partial charge in [-0.1, -0.05) is 120 Å². The number of Topliss-reactive ketones (excluding diaryl/α,β-unsaturated/α-hetero) is 1. The molecule has 2 rings (SSSR count). The van der Waals surface area contributed by atoms with Gasteiger partial charge < -0.3 is 4.52 Å². The fourth-order valence-electron chi connectivity index (χ4n) is 4.32.